The Kier molecular flexibility index (Phi) is 7.44. The molecule has 0 aromatic carbocycles. The lowest BCUT2D eigenvalue weighted by Crippen LogP contribution is -2.38. The van der Waals surface area contributed by atoms with Crippen molar-refractivity contribution in [3.05, 3.63) is 62.6 Å². The van der Waals surface area contributed by atoms with E-state index in [0.29, 0.717) is 24.4 Å². The molecule has 198 valence electrons. The van der Waals surface area contributed by atoms with Crippen molar-refractivity contribution in [2.24, 2.45) is 10.7 Å². The molecule has 1 fully saturated rings. The van der Waals surface area contributed by atoms with Gasteiger partial charge in [0.2, 0.25) is 11.4 Å². The first kappa shape index (κ1) is 26.5. The normalized spacial score (nSPS) is 21.7. The van der Waals surface area contributed by atoms with E-state index in [0.717, 1.165) is 5.57 Å². The first-order valence-electron chi connectivity index (χ1n) is 12.2. The van der Waals surface area contributed by atoms with Gasteiger partial charge in [-0.15, -0.1) is 0 Å². The van der Waals surface area contributed by atoms with Gasteiger partial charge >= 0.3 is 5.97 Å². The fraction of sp³-hybridized carbons (Fsp3) is 0.462. The molecule has 0 radical (unpaired) electrons. The molecule has 4 N–H and O–H groups in total. The zero-order chi connectivity index (χ0) is 26.9. The van der Waals surface area contributed by atoms with E-state index in [-0.39, 0.29) is 55.4 Å². The number of H-pyrrole nitrogens is 1. The van der Waals surface area contributed by atoms with Crippen LogP contribution in [-0.2, 0) is 9.53 Å². The van der Waals surface area contributed by atoms with Gasteiger partial charge in [0.25, 0.3) is 5.91 Å². The molecular formula is C26H30F2N4O5. The zero-order valence-corrected chi connectivity index (χ0v) is 20.7. The smallest absolute Gasteiger partial charge is 0.344 e. The number of amidine groups is 1. The van der Waals surface area contributed by atoms with Gasteiger partial charge in [-0.25, -0.2) is 13.6 Å². The maximum absolute atomic E-state index is 14.2. The van der Waals surface area contributed by atoms with Crippen LogP contribution in [0.25, 0.3) is 5.57 Å². The minimum Gasteiger partial charge on any atom is -0.462 e. The highest BCUT2D eigenvalue weighted by molar-refractivity contribution is 6.25. The number of hydrogen-bond donors (Lipinski definition) is 3. The Morgan fingerprint density at radius 2 is 2.11 bits per heavy atom. The van der Waals surface area contributed by atoms with Crippen LogP contribution in [0.4, 0.5) is 8.78 Å². The number of allylic oxidation sites excluding steroid dienone is 2. The summed E-state index contributed by atoms with van der Waals surface area (Å²) < 4.78 is 33.5. The van der Waals surface area contributed by atoms with Crippen LogP contribution in [0.1, 0.15) is 66.0 Å². The van der Waals surface area contributed by atoms with Crippen LogP contribution in [0.5, 0.6) is 0 Å². The molecule has 1 saturated heterocycles. The minimum atomic E-state index is -2.79. The minimum absolute atomic E-state index is 0.0292. The number of aromatic nitrogens is 1. The van der Waals surface area contributed by atoms with Gasteiger partial charge in [0, 0.05) is 37.2 Å². The summed E-state index contributed by atoms with van der Waals surface area (Å²) in [6.45, 7) is 3.38. The molecule has 11 heteroatoms. The Hall–Kier alpha value is -3.60. The van der Waals surface area contributed by atoms with Gasteiger partial charge in [-0.05, 0) is 38.3 Å². The van der Waals surface area contributed by atoms with Gasteiger partial charge in [-0.3, -0.25) is 14.6 Å². The van der Waals surface area contributed by atoms with Gasteiger partial charge < -0.3 is 25.5 Å². The molecule has 1 aromatic heterocycles. The van der Waals surface area contributed by atoms with E-state index in [1.165, 1.54) is 6.92 Å². The summed E-state index contributed by atoms with van der Waals surface area (Å²) in [4.78, 5) is 47.9. The number of fused-ring (bicyclic) bond motifs is 1. The molecule has 9 nitrogen and oxygen atoms in total. The molecule has 4 rings (SSSR count). The van der Waals surface area contributed by atoms with Crippen molar-refractivity contribution >= 4 is 23.3 Å². The number of alkyl halides is 2. The number of pyridine rings is 1. The molecule has 3 aliphatic rings. The maximum Gasteiger partial charge on any atom is 0.344 e. The number of primary amides is 1. The summed E-state index contributed by atoms with van der Waals surface area (Å²) in [7, 11) is 0. The van der Waals surface area contributed by atoms with Gasteiger partial charge in [0.05, 0.1) is 23.9 Å². The number of carbonyl (C=O) groups excluding carboxylic acids is 2. The van der Waals surface area contributed by atoms with Gasteiger partial charge in [0.1, 0.15) is 11.4 Å². The van der Waals surface area contributed by atoms with E-state index < -0.39 is 34.9 Å². The van der Waals surface area contributed by atoms with Crippen molar-refractivity contribution in [1.29, 1.82) is 0 Å². The predicted octanol–water partition coefficient (Wildman–Crippen LogP) is 2.55. The lowest BCUT2D eigenvalue weighted by atomic mass is 9.90. The van der Waals surface area contributed by atoms with E-state index in [9.17, 15) is 28.3 Å². The van der Waals surface area contributed by atoms with Crippen molar-refractivity contribution in [2.75, 3.05) is 19.7 Å². The highest BCUT2D eigenvalue weighted by Crippen LogP contribution is 2.35. The largest absolute Gasteiger partial charge is 0.462 e. The van der Waals surface area contributed by atoms with E-state index in [4.69, 9.17) is 15.5 Å². The fourth-order valence-electron chi connectivity index (χ4n) is 4.87. The number of aryl methyl sites for hydroxylation is 1. The zero-order valence-electron chi connectivity index (χ0n) is 20.7. The Labute approximate surface area is 212 Å². The molecule has 0 spiro atoms. The number of amides is 1. The lowest BCUT2D eigenvalue weighted by Gasteiger charge is -2.32. The lowest BCUT2D eigenvalue weighted by molar-refractivity contribution is -0.126. The summed E-state index contributed by atoms with van der Waals surface area (Å²) in [6, 6.07) is -0.234. The van der Waals surface area contributed by atoms with Crippen molar-refractivity contribution < 1.29 is 28.2 Å². The number of rotatable bonds is 5. The molecule has 1 aliphatic carbocycles. The number of esters is 1. The van der Waals surface area contributed by atoms with Crippen molar-refractivity contribution in [3.8, 4) is 0 Å². The number of aliphatic hydroxyl groups excluding tert-OH is 1. The standard InChI is InChI=1S/C26H30F2N4O5/c1-3-37-25(36)19-20(30-14(2)18(21(19)33)22(34)23(29)35)16-13-15-7-4-5-8-17(15)31-24(16)32-11-6-9-26(27,28)10-12-32/h4-5,7,13,17,22,34H,3,6,8-12H2,1-2H3,(H2,29,35)(H,30,33)/t17?,22-/m0/s1. The van der Waals surface area contributed by atoms with Gasteiger partial charge in [-0.1, -0.05) is 18.2 Å². The molecule has 3 heterocycles. The van der Waals surface area contributed by atoms with Crippen LogP contribution in [-0.4, -0.2) is 64.4 Å². The Balaban J connectivity index is 1.93. The topological polar surface area (TPSA) is 138 Å². The van der Waals surface area contributed by atoms with Crippen LogP contribution in [0, 0.1) is 6.92 Å². The van der Waals surface area contributed by atoms with Gasteiger partial charge in [0.15, 0.2) is 6.10 Å². The molecule has 2 atom stereocenters. The number of aromatic amines is 1. The number of nitrogens with two attached hydrogens (primary N) is 1. The number of nitrogens with one attached hydrogen (secondary N) is 1. The highest BCUT2D eigenvalue weighted by atomic mass is 19.3. The van der Waals surface area contributed by atoms with Crippen molar-refractivity contribution in [3.63, 3.8) is 0 Å². The van der Waals surface area contributed by atoms with E-state index >= 15 is 0 Å². The number of dihydropyridines is 1. The van der Waals surface area contributed by atoms with E-state index in [1.54, 1.807) is 17.9 Å². The Morgan fingerprint density at radius 1 is 1.35 bits per heavy atom. The monoisotopic (exact) mass is 516 g/mol. The predicted molar refractivity (Wildman–Crippen MR) is 133 cm³/mol. The van der Waals surface area contributed by atoms with Crippen LogP contribution in [0.3, 0.4) is 0 Å². The van der Waals surface area contributed by atoms with Crippen LogP contribution in [0.15, 0.2) is 39.7 Å². The molecule has 1 unspecified atom stereocenters. The summed E-state index contributed by atoms with van der Waals surface area (Å²) >= 11 is 0. The Bertz CT molecular complexity index is 1290. The SMILES string of the molecule is CCOC(=O)c1c(C2=CC3=CC=CCC3N=C2N2CCCC(F)(F)CC2)[nH]c(C)c([C@H](O)C(N)=O)c1=O. The Morgan fingerprint density at radius 3 is 2.81 bits per heavy atom. The second-order valence-electron chi connectivity index (χ2n) is 9.32. The fourth-order valence-corrected chi connectivity index (χ4v) is 4.87. The number of ether oxygens (including phenoxy) is 1. The summed E-state index contributed by atoms with van der Waals surface area (Å²) in [5.74, 6) is -4.51. The number of hydrogen-bond acceptors (Lipinski definition) is 7. The molecular weight excluding hydrogens is 486 g/mol. The first-order chi connectivity index (χ1) is 17.5. The number of nitrogens with zero attached hydrogens (tertiary/aromatic N) is 2. The third kappa shape index (κ3) is 5.27. The second kappa shape index (κ2) is 10.4. The van der Waals surface area contributed by atoms with Crippen molar-refractivity contribution in [1.82, 2.24) is 9.88 Å². The highest BCUT2D eigenvalue weighted by Gasteiger charge is 2.37. The van der Waals surface area contributed by atoms with Gasteiger partial charge in [-0.2, -0.15) is 0 Å². The van der Waals surface area contributed by atoms with Crippen LogP contribution in [0.2, 0.25) is 0 Å². The van der Waals surface area contributed by atoms with E-state index in [2.05, 4.69) is 4.98 Å². The first-order valence-corrected chi connectivity index (χ1v) is 12.2. The molecule has 1 aromatic rings. The number of aliphatic hydroxyl groups is 1. The number of carbonyl (C=O) groups is 2. The molecule has 0 bridgehead atoms. The van der Waals surface area contributed by atoms with Crippen LogP contribution < -0.4 is 11.2 Å². The molecule has 37 heavy (non-hydrogen) atoms. The average molecular weight is 517 g/mol. The number of aliphatic imine (C=N–C) groups is 1. The summed E-state index contributed by atoms with van der Waals surface area (Å²) in [6.07, 6.45) is 5.82. The van der Waals surface area contributed by atoms with Crippen molar-refractivity contribution in [2.45, 2.75) is 57.6 Å². The molecule has 2 aliphatic heterocycles. The van der Waals surface area contributed by atoms with E-state index in [1.807, 2.05) is 18.2 Å². The number of likely N-dealkylation sites (tertiary alicyclic amines) is 1. The average Bonchev–Trinajstić information content (AvgIpc) is 3.03. The summed E-state index contributed by atoms with van der Waals surface area (Å²) in [5.41, 5.74) is 4.94. The molecule has 0 saturated carbocycles. The maximum atomic E-state index is 14.2. The van der Waals surface area contributed by atoms with Crippen LogP contribution >= 0.6 is 0 Å². The molecule has 1 amide bonds. The third-order valence-electron chi connectivity index (χ3n) is 6.75. The second-order valence-corrected chi connectivity index (χ2v) is 9.32. The third-order valence-corrected chi connectivity index (χ3v) is 6.75. The summed E-state index contributed by atoms with van der Waals surface area (Å²) in [5, 5.41) is 10.3. The number of halogens is 2. The quantitative estimate of drug-likeness (QED) is 0.515.